The number of esters is 1. The molecule has 0 atom stereocenters. The third kappa shape index (κ3) is 4.62. The largest absolute Gasteiger partial charge is 0.497 e. The minimum absolute atomic E-state index is 0.0535. The lowest BCUT2D eigenvalue weighted by molar-refractivity contribution is 0.0521. The molecule has 2 aliphatic rings. The van der Waals surface area contributed by atoms with Gasteiger partial charge in [0.1, 0.15) is 17.3 Å². The zero-order valence-electron chi connectivity index (χ0n) is 20.3. The highest BCUT2D eigenvalue weighted by Crippen LogP contribution is 2.42. The zero-order chi connectivity index (χ0) is 24.5. The van der Waals surface area contributed by atoms with Gasteiger partial charge in [0.2, 0.25) is 0 Å². The number of methoxy groups -OCH3 is 2. The molecule has 8 heteroatoms. The van der Waals surface area contributed by atoms with E-state index in [4.69, 9.17) is 19.2 Å². The number of benzene rings is 2. The fraction of sp³-hybridized carbons (Fsp3) is 0.407. The summed E-state index contributed by atoms with van der Waals surface area (Å²) in [7, 11) is 3.27. The van der Waals surface area contributed by atoms with Crippen LogP contribution in [0.5, 0.6) is 11.5 Å². The number of rotatable bonds is 7. The number of ether oxygens (including phenoxy) is 3. The predicted molar refractivity (Wildman–Crippen MR) is 129 cm³/mol. The number of aromatic nitrogens is 2. The molecule has 1 saturated carbocycles. The van der Waals surface area contributed by atoms with Gasteiger partial charge in [0.05, 0.1) is 44.1 Å². The van der Waals surface area contributed by atoms with Crippen LogP contribution in [0, 0.1) is 5.82 Å². The number of hydrogen-bond acceptors (Lipinski definition) is 6. The number of fused-ring (bicyclic) bond motifs is 3. The average Bonchev–Trinajstić information content (AvgIpc) is 3.61. The third-order valence-corrected chi connectivity index (χ3v) is 6.73. The summed E-state index contributed by atoms with van der Waals surface area (Å²) in [6.07, 6.45) is 4.90. The second-order valence-corrected chi connectivity index (χ2v) is 9.04. The molecule has 2 aromatic carbocycles. The van der Waals surface area contributed by atoms with Crippen molar-refractivity contribution in [2.75, 3.05) is 27.4 Å². The molecule has 2 heterocycles. The standard InChI is InChI=1S/C27H30FN3O4/c1-4-35-27(32)21-13-24-19(11-22(21)28)15-30(14-18-7-8-20(33-2)12-25(18)34-3)10-9-23-26(17-5-6-17)29-16-31(23)24/h7-8,11-13,16-17H,4-6,9-10,14-15H2,1-3H3. The van der Waals surface area contributed by atoms with E-state index in [-0.39, 0.29) is 12.2 Å². The van der Waals surface area contributed by atoms with E-state index in [0.29, 0.717) is 19.0 Å². The van der Waals surface area contributed by atoms with Crippen LogP contribution in [-0.4, -0.2) is 47.8 Å². The van der Waals surface area contributed by atoms with Crippen LogP contribution in [0.25, 0.3) is 5.69 Å². The van der Waals surface area contributed by atoms with Crippen molar-refractivity contribution in [2.24, 2.45) is 0 Å². The smallest absolute Gasteiger partial charge is 0.341 e. The van der Waals surface area contributed by atoms with Gasteiger partial charge in [-0.1, -0.05) is 6.07 Å². The van der Waals surface area contributed by atoms with Gasteiger partial charge in [-0.15, -0.1) is 0 Å². The third-order valence-electron chi connectivity index (χ3n) is 6.73. The lowest BCUT2D eigenvalue weighted by Crippen LogP contribution is -2.29. The second-order valence-electron chi connectivity index (χ2n) is 9.04. The van der Waals surface area contributed by atoms with Crippen LogP contribution >= 0.6 is 0 Å². The Morgan fingerprint density at radius 1 is 1.17 bits per heavy atom. The van der Waals surface area contributed by atoms with Crippen LogP contribution < -0.4 is 9.47 Å². The highest BCUT2D eigenvalue weighted by molar-refractivity contribution is 5.90. The van der Waals surface area contributed by atoms with Gasteiger partial charge in [0, 0.05) is 49.3 Å². The van der Waals surface area contributed by atoms with E-state index in [0.717, 1.165) is 65.5 Å². The molecule has 0 bridgehead atoms. The molecule has 1 aliphatic heterocycles. The van der Waals surface area contributed by atoms with Gasteiger partial charge in [-0.25, -0.2) is 14.2 Å². The normalized spacial score (nSPS) is 15.5. The van der Waals surface area contributed by atoms with Crippen molar-refractivity contribution in [3.63, 3.8) is 0 Å². The van der Waals surface area contributed by atoms with Gasteiger partial charge < -0.3 is 18.8 Å². The van der Waals surface area contributed by atoms with Gasteiger partial charge in [0.15, 0.2) is 0 Å². The lowest BCUT2D eigenvalue weighted by atomic mass is 10.0. The monoisotopic (exact) mass is 479 g/mol. The van der Waals surface area contributed by atoms with Gasteiger partial charge in [-0.3, -0.25) is 4.90 Å². The SMILES string of the molecule is CCOC(=O)c1cc2c(cc1F)CN(Cc1ccc(OC)cc1OC)CCc1c(C3CC3)ncn1-2. The number of imidazole rings is 1. The summed E-state index contributed by atoms with van der Waals surface area (Å²) >= 11 is 0. The summed E-state index contributed by atoms with van der Waals surface area (Å²) in [5.41, 5.74) is 4.78. The Kier molecular flexibility index (Phi) is 6.47. The summed E-state index contributed by atoms with van der Waals surface area (Å²) in [5.74, 6) is 0.733. The van der Waals surface area contributed by atoms with Crippen molar-refractivity contribution in [2.45, 2.75) is 45.2 Å². The molecule has 0 saturated heterocycles. The van der Waals surface area contributed by atoms with E-state index in [1.54, 1.807) is 27.2 Å². The molecule has 0 amide bonds. The van der Waals surface area contributed by atoms with E-state index in [1.165, 1.54) is 6.07 Å². The van der Waals surface area contributed by atoms with E-state index in [9.17, 15) is 4.79 Å². The maximum absolute atomic E-state index is 15.1. The molecule has 0 spiro atoms. The molecule has 1 aliphatic carbocycles. The second kappa shape index (κ2) is 9.70. The zero-order valence-corrected chi connectivity index (χ0v) is 20.3. The van der Waals surface area contributed by atoms with Gasteiger partial charge in [0.25, 0.3) is 0 Å². The van der Waals surface area contributed by atoms with Crippen LogP contribution in [-0.2, 0) is 24.2 Å². The Hall–Kier alpha value is -3.39. The topological polar surface area (TPSA) is 65.8 Å². The minimum atomic E-state index is -0.654. The van der Waals surface area contributed by atoms with Crippen molar-refractivity contribution in [1.82, 2.24) is 14.5 Å². The molecule has 1 fully saturated rings. The number of nitrogens with zero attached hydrogens (tertiary/aromatic N) is 3. The van der Waals surface area contributed by atoms with Crippen LogP contribution in [0.15, 0.2) is 36.7 Å². The fourth-order valence-corrected chi connectivity index (χ4v) is 4.80. The fourth-order valence-electron chi connectivity index (χ4n) is 4.80. The summed E-state index contributed by atoms with van der Waals surface area (Å²) < 4.78 is 33.2. The summed E-state index contributed by atoms with van der Waals surface area (Å²) in [5, 5.41) is 0. The van der Waals surface area contributed by atoms with Crippen molar-refractivity contribution < 1.29 is 23.4 Å². The summed E-state index contributed by atoms with van der Waals surface area (Å²) in [4.78, 5) is 19.5. The summed E-state index contributed by atoms with van der Waals surface area (Å²) in [6, 6.07) is 8.87. The lowest BCUT2D eigenvalue weighted by Gasteiger charge is -2.28. The Labute approximate surface area is 204 Å². The Morgan fingerprint density at radius 2 is 2.00 bits per heavy atom. The van der Waals surface area contributed by atoms with Crippen molar-refractivity contribution >= 4 is 5.97 Å². The Bertz CT molecular complexity index is 1250. The molecular formula is C27H30FN3O4. The molecule has 0 N–H and O–H groups in total. The van der Waals surface area contributed by atoms with Crippen LogP contribution in [0.2, 0.25) is 0 Å². The van der Waals surface area contributed by atoms with Crippen LogP contribution in [0.4, 0.5) is 4.39 Å². The molecule has 0 unspecified atom stereocenters. The maximum atomic E-state index is 15.1. The number of halogens is 1. The van der Waals surface area contributed by atoms with E-state index in [2.05, 4.69) is 4.90 Å². The molecule has 0 radical (unpaired) electrons. The first kappa shape index (κ1) is 23.4. The number of carbonyl (C=O) groups excluding carboxylic acids is 1. The molecule has 184 valence electrons. The van der Waals surface area contributed by atoms with Gasteiger partial charge in [-0.2, -0.15) is 0 Å². The number of hydrogen-bond donors (Lipinski definition) is 0. The van der Waals surface area contributed by atoms with Crippen molar-refractivity contribution in [1.29, 1.82) is 0 Å². The quantitative estimate of drug-likeness (QED) is 0.460. The molecular weight excluding hydrogens is 449 g/mol. The minimum Gasteiger partial charge on any atom is -0.497 e. The Morgan fingerprint density at radius 3 is 2.71 bits per heavy atom. The first-order valence-electron chi connectivity index (χ1n) is 12.0. The Balaban J connectivity index is 1.55. The molecule has 5 rings (SSSR count). The van der Waals surface area contributed by atoms with E-state index < -0.39 is 11.8 Å². The molecule has 3 aromatic rings. The summed E-state index contributed by atoms with van der Waals surface area (Å²) in [6.45, 7) is 3.82. The molecule has 1 aromatic heterocycles. The maximum Gasteiger partial charge on any atom is 0.341 e. The highest BCUT2D eigenvalue weighted by Gasteiger charge is 2.32. The van der Waals surface area contributed by atoms with Gasteiger partial charge >= 0.3 is 5.97 Å². The highest BCUT2D eigenvalue weighted by atomic mass is 19.1. The van der Waals surface area contributed by atoms with Crippen LogP contribution in [0.3, 0.4) is 0 Å². The molecule has 35 heavy (non-hydrogen) atoms. The average molecular weight is 480 g/mol. The molecule has 7 nitrogen and oxygen atoms in total. The van der Waals surface area contributed by atoms with Crippen molar-refractivity contribution in [3.05, 3.63) is 70.6 Å². The van der Waals surface area contributed by atoms with E-state index >= 15 is 4.39 Å². The van der Waals surface area contributed by atoms with E-state index in [1.807, 2.05) is 29.1 Å². The van der Waals surface area contributed by atoms with Gasteiger partial charge in [-0.05, 0) is 43.5 Å². The van der Waals surface area contributed by atoms with Crippen molar-refractivity contribution in [3.8, 4) is 17.2 Å². The first-order chi connectivity index (χ1) is 17.0. The predicted octanol–water partition coefficient (Wildman–Crippen LogP) is 4.64. The number of carbonyl (C=O) groups is 1. The first-order valence-corrected chi connectivity index (χ1v) is 12.0. The van der Waals surface area contributed by atoms with Crippen LogP contribution in [0.1, 0.15) is 58.6 Å².